The lowest BCUT2D eigenvalue weighted by Gasteiger charge is -2.36. The average molecular weight is 465 g/mol. The van der Waals surface area contributed by atoms with Crippen molar-refractivity contribution in [2.24, 2.45) is 0 Å². The number of hydrogen-bond acceptors (Lipinski definition) is 4. The van der Waals surface area contributed by atoms with E-state index in [4.69, 9.17) is 0 Å². The third-order valence-corrected chi connectivity index (χ3v) is 7.60. The molecule has 1 aromatic heterocycles. The van der Waals surface area contributed by atoms with Crippen molar-refractivity contribution in [1.82, 2.24) is 4.98 Å². The summed E-state index contributed by atoms with van der Waals surface area (Å²) in [5, 5.41) is 0. The number of anilines is 1. The van der Waals surface area contributed by atoms with Gasteiger partial charge in [-0.1, -0.05) is 60.0 Å². The fourth-order valence-corrected chi connectivity index (χ4v) is 5.85. The molecule has 2 heterocycles. The lowest BCUT2D eigenvalue weighted by molar-refractivity contribution is -0.107. The Bertz CT molecular complexity index is 1380. The molecule has 34 heavy (non-hydrogen) atoms. The van der Waals surface area contributed by atoms with Crippen LogP contribution in [-0.2, 0) is 17.8 Å². The number of benzene rings is 3. The van der Waals surface area contributed by atoms with E-state index in [1.165, 1.54) is 44.6 Å². The van der Waals surface area contributed by atoms with Gasteiger partial charge in [0.05, 0.1) is 17.9 Å². The van der Waals surface area contributed by atoms with Crippen LogP contribution >= 0.6 is 11.9 Å². The van der Waals surface area contributed by atoms with E-state index >= 15 is 0 Å². The first-order valence-corrected chi connectivity index (χ1v) is 12.7. The van der Waals surface area contributed by atoms with Gasteiger partial charge in [0.2, 0.25) is 0 Å². The summed E-state index contributed by atoms with van der Waals surface area (Å²) in [6.07, 6.45) is 5.41. The first-order valence-electron chi connectivity index (χ1n) is 11.6. The van der Waals surface area contributed by atoms with Gasteiger partial charge in [0.1, 0.15) is 6.29 Å². The van der Waals surface area contributed by atoms with Gasteiger partial charge < -0.3 is 9.10 Å². The topological polar surface area (TPSA) is 33.2 Å². The number of carbonyl (C=O) groups excluding carboxylic acids is 1. The van der Waals surface area contributed by atoms with Crippen LogP contribution in [0.4, 0.5) is 5.69 Å². The van der Waals surface area contributed by atoms with Crippen LogP contribution in [0.2, 0.25) is 0 Å². The Kier molecular flexibility index (Phi) is 6.01. The molecule has 0 aliphatic carbocycles. The third-order valence-electron chi connectivity index (χ3n) is 6.85. The smallest absolute Gasteiger partial charge is 0.124 e. The van der Waals surface area contributed by atoms with Gasteiger partial charge in [0, 0.05) is 30.0 Å². The highest BCUT2D eigenvalue weighted by molar-refractivity contribution is 7.99. The van der Waals surface area contributed by atoms with Crippen LogP contribution in [0.15, 0.2) is 66.9 Å². The van der Waals surface area contributed by atoms with Crippen molar-refractivity contribution in [3.63, 3.8) is 0 Å². The maximum atomic E-state index is 11.8. The summed E-state index contributed by atoms with van der Waals surface area (Å²) in [5.74, 6) is 0. The van der Waals surface area contributed by atoms with Crippen molar-refractivity contribution in [2.75, 3.05) is 10.6 Å². The van der Waals surface area contributed by atoms with E-state index in [1.54, 1.807) is 11.9 Å². The Balaban J connectivity index is 1.83. The Morgan fingerprint density at radius 2 is 1.71 bits per heavy atom. The molecule has 4 heteroatoms. The van der Waals surface area contributed by atoms with Gasteiger partial charge in [0.25, 0.3) is 0 Å². The van der Waals surface area contributed by atoms with Crippen LogP contribution in [0, 0.1) is 20.8 Å². The molecule has 0 saturated heterocycles. The maximum absolute atomic E-state index is 11.8. The molecule has 5 rings (SSSR count). The summed E-state index contributed by atoms with van der Waals surface area (Å²) in [6, 6.07) is 21.4. The van der Waals surface area contributed by atoms with Crippen molar-refractivity contribution in [3.05, 3.63) is 94.7 Å². The quantitative estimate of drug-likeness (QED) is 0.228. The number of hydrogen-bond donors (Lipinski definition) is 0. The van der Waals surface area contributed by atoms with E-state index in [-0.39, 0.29) is 0 Å². The summed E-state index contributed by atoms with van der Waals surface area (Å²) < 4.78 is 2.37. The molecular formula is C30H28N2OS. The largest absolute Gasteiger partial charge is 0.311 e. The Morgan fingerprint density at radius 3 is 2.38 bits per heavy atom. The predicted octanol–water partition coefficient (Wildman–Crippen LogP) is 7.35. The normalized spacial score (nSPS) is 12.3. The SMILES string of the molecule is CSN1Cc2ccc(-c3ccccn3)cc2-c2c(C)c(-c3ccc(C)cc3)c(CC=O)c(C)c21. The second-order valence-corrected chi connectivity index (χ2v) is 9.68. The van der Waals surface area contributed by atoms with Gasteiger partial charge in [-0.2, -0.15) is 0 Å². The van der Waals surface area contributed by atoms with Gasteiger partial charge in [-0.05, 0) is 77.9 Å². The van der Waals surface area contributed by atoms with E-state index < -0.39 is 0 Å². The number of rotatable bonds is 5. The van der Waals surface area contributed by atoms with Gasteiger partial charge in [0.15, 0.2) is 0 Å². The first kappa shape index (κ1) is 22.4. The van der Waals surface area contributed by atoms with Gasteiger partial charge in [-0.15, -0.1) is 0 Å². The molecule has 0 N–H and O–H groups in total. The molecule has 0 radical (unpaired) electrons. The summed E-state index contributed by atoms with van der Waals surface area (Å²) in [6.45, 7) is 7.32. The average Bonchev–Trinajstić information content (AvgIpc) is 2.87. The number of aromatic nitrogens is 1. The number of carbonyl (C=O) groups is 1. The molecule has 0 fully saturated rings. The molecular weight excluding hydrogens is 436 g/mol. The second kappa shape index (κ2) is 9.11. The molecule has 0 amide bonds. The maximum Gasteiger partial charge on any atom is 0.124 e. The number of fused-ring (bicyclic) bond motifs is 3. The molecule has 0 bridgehead atoms. The molecule has 4 aromatic rings. The van der Waals surface area contributed by atoms with Crippen LogP contribution in [0.3, 0.4) is 0 Å². The minimum atomic E-state index is 0.409. The highest BCUT2D eigenvalue weighted by Crippen LogP contribution is 2.50. The van der Waals surface area contributed by atoms with E-state index in [1.807, 2.05) is 18.3 Å². The van der Waals surface area contributed by atoms with Crippen LogP contribution in [0.5, 0.6) is 0 Å². The van der Waals surface area contributed by atoms with Gasteiger partial charge in [-0.3, -0.25) is 4.98 Å². The van der Waals surface area contributed by atoms with Crippen LogP contribution in [-0.4, -0.2) is 17.5 Å². The zero-order chi connectivity index (χ0) is 23.8. The number of aryl methyl sites for hydroxylation is 1. The molecule has 0 unspecified atom stereocenters. The third kappa shape index (κ3) is 3.72. The van der Waals surface area contributed by atoms with Gasteiger partial charge >= 0.3 is 0 Å². The molecule has 0 atom stereocenters. The molecule has 1 aliphatic rings. The molecule has 3 nitrogen and oxygen atoms in total. The lowest BCUT2D eigenvalue weighted by atomic mass is 9.80. The van der Waals surface area contributed by atoms with Crippen molar-refractivity contribution < 1.29 is 4.79 Å². The monoisotopic (exact) mass is 464 g/mol. The number of pyridine rings is 1. The van der Waals surface area contributed by atoms with Crippen molar-refractivity contribution in [3.8, 4) is 33.5 Å². The Morgan fingerprint density at radius 1 is 0.941 bits per heavy atom. The minimum absolute atomic E-state index is 0.409. The summed E-state index contributed by atoms with van der Waals surface area (Å²) in [7, 11) is 0. The molecule has 0 spiro atoms. The summed E-state index contributed by atoms with van der Waals surface area (Å²) >= 11 is 1.74. The van der Waals surface area contributed by atoms with E-state index in [9.17, 15) is 4.79 Å². The summed E-state index contributed by atoms with van der Waals surface area (Å²) in [4.78, 5) is 16.4. The highest BCUT2D eigenvalue weighted by atomic mass is 32.2. The fraction of sp³-hybridized carbons (Fsp3) is 0.200. The van der Waals surface area contributed by atoms with Crippen LogP contribution in [0.25, 0.3) is 33.5 Å². The standard InChI is InChI=1S/C30H28N2OS/c1-19-8-10-22(11-9-19)28-21(3)29-26-17-23(27-7-5-6-15-31-27)12-13-24(26)18-32(34-4)30(29)20(2)25(28)14-16-33/h5-13,15-17H,14,18H2,1-4H3. The van der Waals surface area contributed by atoms with Crippen molar-refractivity contribution in [2.45, 2.75) is 33.7 Å². The molecule has 170 valence electrons. The van der Waals surface area contributed by atoms with Crippen LogP contribution < -0.4 is 4.31 Å². The van der Waals surface area contributed by atoms with E-state index in [2.05, 4.69) is 84.8 Å². The lowest BCUT2D eigenvalue weighted by Crippen LogP contribution is -2.22. The predicted molar refractivity (Wildman–Crippen MR) is 144 cm³/mol. The fourth-order valence-electron chi connectivity index (χ4n) is 5.17. The van der Waals surface area contributed by atoms with E-state index in [0.717, 1.165) is 35.2 Å². The van der Waals surface area contributed by atoms with Crippen molar-refractivity contribution >= 4 is 23.9 Å². The number of nitrogens with zero attached hydrogens (tertiary/aromatic N) is 2. The molecule has 3 aromatic carbocycles. The van der Waals surface area contributed by atoms with Crippen LogP contribution in [0.1, 0.15) is 27.8 Å². The first-order chi connectivity index (χ1) is 16.5. The minimum Gasteiger partial charge on any atom is -0.311 e. The molecule has 1 aliphatic heterocycles. The van der Waals surface area contributed by atoms with Gasteiger partial charge in [-0.25, -0.2) is 0 Å². The number of aldehydes is 1. The zero-order valence-corrected chi connectivity index (χ0v) is 20.9. The molecule has 0 saturated carbocycles. The zero-order valence-electron chi connectivity index (χ0n) is 20.1. The Labute approximate surface area is 206 Å². The van der Waals surface area contributed by atoms with E-state index in [0.29, 0.717) is 6.42 Å². The van der Waals surface area contributed by atoms with Crippen molar-refractivity contribution in [1.29, 1.82) is 0 Å². The summed E-state index contributed by atoms with van der Waals surface area (Å²) in [5.41, 5.74) is 14.3. The Hall–Kier alpha value is -3.37. The second-order valence-electron chi connectivity index (χ2n) is 8.87. The highest BCUT2D eigenvalue weighted by Gasteiger charge is 2.30.